The molecule has 1 spiro atoms. The maximum atomic E-state index is 9.06. The van der Waals surface area contributed by atoms with E-state index in [1.807, 2.05) is 0 Å². The second-order valence-electron chi connectivity index (χ2n) is 6.49. The van der Waals surface area contributed by atoms with Crippen LogP contribution in [-0.2, 0) is 4.74 Å². The van der Waals surface area contributed by atoms with Gasteiger partial charge >= 0.3 is 0 Å². The van der Waals surface area contributed by atoms with Crippen molar-refractivity contribution in [3.05, 3.63) is 0 Å². The Kier molecular flexibility index (Phi) is 4.42. The third-order valence-corrected chi connectivity index (χ3v) is 5.29. The Hall–Kier alpha value is -0.160. The lowest BCUT2D eigenvalue weighted by Gasteiger charge is -2.49. The second-order valence-corrected chi connectivity index (χ2v) is 6.49. The molecule has 1 atom stereocenters. The fourth-order valence-corrected chi connectivity index (χ4v) is 3.95. The topological polar surface area (TPSA) is 35.9 Å². The first kappa shape index (κ1) is 13.8. The zero-order chi connectivity index (χ0) is 13.1. The molecule has 2 aliphatic heterocycles. The molecule has 0 aromatic carbocycles. The first-order valence-corrected chi connectivity index (χ1v) is 8.03. The van der Waals surface area contributed by atoms with E-state index >= 15 is 0 Å². The number of ether oxygens (including phenoxy) is 1. The van der Waals surface area contributed by atoms with Gasteiger partial charge < -0.3 is 9.84 Å². The first-order chi connectivity index (χ1) is 9.31. The highest BCUT2D eigenvalue weighted by Crippen LogP contribution is 2.43. The standard InChI is InChI=1S/C15H28N2O2/c18-11-10-16-6-2-7-17(9-8-16)14-3-12-19-15(13-14)4-1-5-15/h14,18H,1-13H2. The van der Waals surface area contributed by atoms with Gasteiger partial charge in [0.15, 0.2) is 0 Å². The van der Waals surface area contributed by atoms with Gasteiger partial charge in [-0.25, -0.2) is 0 Å². The van der Waals surface area contributed by atoms with Crippen LogP contribution in [0.5, 0.6) is 0 Å². The minimum Gasteiger partial charge on any atom is -0.395 e. The molecular formula is C15H28N2O2. The predicted octanol–water partition coefficient (Wildman–Crippen LogP) is 1.09. The molecule has 1 aliphatic carbocycles. The monoisotopic (exact) mass is 268 g/mol. The normalized spacial score (nSPS) is 33.0. The van der Waals surface area contributed by atoms with Gasteiger partial charge in [0.1, 0.15) is 0 Å². The van der Waals surface area contributed by atoms with Gasteiger partial charge in [-0.1, -0.05) is 0 Å². The van der Waals surface area contributed by atoms with Gasteiger partial charge in [-0.15, -0.1) is 0 Å². The predicted molar refractivity (Wildman–Crippen MR) is 75.3 cm³/mol. The summed E-state index contributed by atoms with van der Waals surface area (Å²) < 4.78 is 6.04. The van der Waals surface area contributed by atoms with Crippen molar-refractivity contribution < 1.29 is 9.84 Å². The highest BCUT2D eigenvalue weighted by Gasteiger charge is 2.43. The summed E-state index contributed by atoms with van der Waals surface area (Å²) in [6.45, 7) is 6.74. The van der Waals surface area contributed by atoms with Crippen LogP contribution in [0.3, 0.4) is 0 Å². The van der Waals surface area contributed by atoms with E-state index in [1.165, 1.54) is 51.6 Å². The van der Waals surface area contributed by atoms with E-state index in [0.717, 1.165) is 32.3 Å². The molecule has 3 aliphatic rings. The lowest BCUT2D eigenvalue weighted by Crippen LogP contribution is -2.52. The number of aliphatic hydroxyl groups excluding tert-OH is 1. The van der Waals surface area contributed by atoms with Gasteiger partial charge in [0.05, 0.1) is 12.2 Å². The number of β-amino-alcohol motifs (C(OH)–C–C–N with tert-alkyl or cyclic N) is 1. The molecule has 4 nitrogen and oxygen atoms in total. The van der Waals surface area contributed by atoms with Gasteiger partial charge in [-0.05, 0) is 51.6 Å². The van der Waals surface area contributed by atoms with Crippen molar-refractivity contribution >= 4 is 0 Å². The number of nitrogens with zero attached hydrogens (tertiary/aromatic N) is 2. The molecule has 0 radical (unpaired) electrons. The van der Waals surface area contributed by atoms with Crippen molar-refractivity contribution in [3.63, 3.8) is 0 Å². The Labute approximate surface area is 116 Å². The molecule has 1 saturated carbocycles. The van der Waals surface area contributed by atoms with Gasteiger partial charge in [-0.3, -0.25) is 9.80 Å². The molecule has 19 heavy (non-hydrogen) atoms. The molecule has 3 rings (SSSR count). The van der Waals surface area contributed by atoms with Crippen LogP contribution in [0, 0.1) is 0 Å². The summed E-state index contributed by atoms with van der Waals surface area (Å²) in [4.78, 5) is 5.10. The fourth-order valence-electron chi connectivity index (χ4n) is 3.95. The Bertz CT molecular complexity index is 294. The summed E-state index contributed by atoms with van der Waals surface area (Å²) in [6, 6.07) is 0.739. The zero-order valence-electron chi connectivity index (χ0n) is 12.0. The van der Waals surface area contributed by atoms with Crippen LogP contribution in [0.1, 0.15) is 38.5 Å². The summed E-state index contributed by atoms with van der Waals surface area (Å²) >= 11 is 0. The molecule has 3 fully saturated rings. The third kappa shape index (κ3) is 3.13. The van der Waals surface area contributed by atoms with Crippen LogP contribution in [0.25, 0.3) is 0 Å². The van der Waals surface area contributed by atoms with Crippen molar-refractivity contribution in [2.24, 2.45) is 0 Å². The molecule has 0 bridgehead atoms. The Morgan fingerprint density at radius 1 is 1.11 bits per heavy atom. The van der Waals surface area contributed by atoms with Crippen LogP contribution in [0.4, 0.5) is 0 Å². The van der Waals surface area contributed by atoms with Gasteiger partial charge in [-0.2, -0.15) is 0 Å². The first-order valence-electron chi connectivity index (χ1n) is 8.03. The van der Waals surface area contributed by atoms with Crippen molar-refractivity contribution in [3.8, 4) is 0 Å². The molecular weight excluding hydrogens is 240 g/mol. The molecule has 0 aromatic rings. The fraction of sp³-hybridized carbons (Fsp3) is 1.00. The minimum atomic E-state index is 0.264. The molecule has 1 N–H and O–H groups in total. The van der Waals surface area contributed by atoms with E-state index in [9.17, 15) is 0 Å². The van der Waals surface area contributed by atoms with E-state index in [4.69, 9.17) is 9.84 Å². The number of hydrogen-bond acceptors (Lipinski definition) is 4. The Morgan fingerprint density at radius 2 is 2.00 bits per heavy atom. The number of aliphatic hydroxyl groups is 1. The van der Waals surface area contributed by atoms with Crippen molar-refractivity contribution in [1.29, 1.82) is 0 Å². The molecule has 110 valence electrons. The maximum absolute atomic E-state index is 9.06. The van der Waals surface area contributed by atoms with E-state index in [2.05, 4.69) is 9.80 Å². The minimum absolute atomic E-state index is 0.264. The van der Waals surface area contributed by atoms with Crippen LogP contribution in [0.15, 0.2) is 0 Å². The summed E-state index contributed by atoms with van der Waals surface area (Å²) in [7, 11) is 0. The summed E-state index contributed by atoms with van der Waals surface area (Å²) in [5.74, 6) is 0. The van der Waals surface area contributed by atoms with Crippen LogP contribution in [0.2, 0.25) is 0 Å². The zero-order valence-corrected chi connectivity index (χ0v) is 12.0. The second kappa shape index (κ2) is 6.08. The lowest BCUT2D eigenvalue weighted by molar-refractivity contribution is -0.148. The average Bonchev–Trinajstić information content (AvgIpc) is 2.63. The largest absolute Gasteiger partial charge is 0.395 e. The molecule has 0 amide bonds. The molecule has 1 unspecified atom stereocenters. The highest BCUT2D eigenvalue weighted by atomic mass is 16.5. The van der Waals surface area contributed by atoms with E-state index in [1.54, 1.807) is 0 Å². The third-order valence-electron chi connectivity index (χ3n) is 5.29. The average molecular weight is 268 g/mol. The SMILES string of the molecule is OCCN1CCCN(C2CCOC3(CCC3)C2)CC1. The Balaban J connectivity index is 1.53. The molecule has 2 saturated heterocycles. The summed E-state index contributed by atoms with van der Waals surface area (Å²) in [5, 5.41) is 9.06. The van der Waals surface area contributed by atoms with Crippen LogP contribution < -0.4 is 0 Å². The van der Waals surface area contributed by atoms with Crippen molar-refractivity contribution in [2.45, 2.75) is 50.2 Å². The summed E-state index contributed by atoms with van der Waals surface area (Å²) in [5.41, 5.74) is 0.264. The smallest absolute Gasteiger partial charge is 0.0697 e. The van der Waals surface area contributed by atoms with Crippen molar-refractivity contribution in [2.75, 3.05) is 45.9 Å². The Morgan fingerprint density at radius 3 is 2.74 bits per heavy atom. The van der Waals surface area contributed by atoms with Crippen LogP contribution >= 0.6 is 0 Å². The van der Waals surface area contributed by atoms with Crippen LogP contribution in [-0.4, -0.2) is 72.5 Å². The molecule has 4 heteroatoms. The summed E-state index contributed by atoms with van der Waals surface area (Å²) in [6.07, 6.45) is 7.64. The molecule has 0 aromatic heterocycles. The maximum Gasteiger partial charge on any atom is 0.0697 e. The van der Waals surface area contributed by atoms with Gasteiger partial charge in [0.25, 0.3) is 0 Å². The van der Waals surface area contributed by atoms with Gasteiger partial charge in [0, 0.05) is 32.3 Å². The lowest BCUT2D eigenvalue weighted by atomic mass is 9.73. The van der Waals surface area contributed by atoms with E-state index < -0.39 is 0 Å². The molecule has 2 heterocycles. The van der Waals surface area contributed by atoms with E-state index in [-0.39, 0.29) is 5.60 Å². The number of rotatable bonds is 3. The quantitative estimate of drug-likeness (QED) is 0.831. The van der Waals surface area contributed by atoms with Gasteiger partial charge in [0.2, 0.25) is 0 Å². The van der Waals surface area contributed by atoms with E-state index in [0.29, 0.717) is 6.61 Å². The number of hydrogen-bond donors (Lipinski definition) is 1. The highest BCUT2D eigenvalue weighted by molar-refractivity contribution is 4.97. The van der Waals surface area contributed by atoms with Crippen molar-refractivity contribution in [1.82, 2.24) is 9.80 Å².